The van der Waals surface area contributed by atoms with Gasteiger partial charge in [0.1, 0.15) is 5.82 Å². The number of rotatable bonds is 4. The SMILES string of the molecule is CC(CN)CCc1ccc(F)c(Br)c1. The Balaban J connectivity index is 2.55. The maximum atomic E-state index is 12.9. The van der Waals surface area contributed by atoms with Crippen LogP contribution in [0.3, 0.4) is 0 Å². The predicted octanol–water partition coefficient (Wildman–Crippen LogP) is 3.12. The molecule has 0 spiro atoms. The summed E-state index contributed by atoms with van der Waals surface area (Å²) in [5.74, 6) is 0.319. The fourth-order valence-corrected chi connectivity index (χ4v) is 1.65. The lowest BCUT2D eigenvalue weighted by Crippen LogP contribution is -2.11. The molecule has 0 saturated carbocycles. The van der Waals surface area contributed by atoms with Gasteiger partial charge < -0.3 is 5.73 Å². The summed E-state index contributed by atoms with van der Waals surface area (Å²) < 4.78 is 13.4. The van der Waals surface area contributed by atoms with Crippen LogP contribution in [0.1, 0.15) is 18.9 Å². The third-order valence-electron chi connectivity index (χ3n) is 2.31. The standard InChI is InChI=1S/C11H15BrFN/c1-8(7-14)2-3-9-4-5-11(13)10(12)6-9/h4-6,8H,2-3,7,14H2,1H3. The molecule has 1 atom stereocenters. The van der Waals surface area contributed by atoms with Gasteiger partial charge in [-0.05, 0) is 58.9 Å². The van der Waals surface area contributed by atoms with Crippen molar-refractivity contribution in [3.63, 3.8) is 0 Å². The van der Waals surface area contributed by atoms with Crippen molar-refractivity contribution >= 4 is 15.9 Å². The van der Waals surface area contributed by atoms with Crippen LogP contribution in [-0.4, -0.2) is 6.54 Å². The third kappa shape index (κ3) is 3.39. The highest BCUT2D eigenvalue weighted by Crippen LogP contribution is 2.18. The molecule has 0 heterocycles. The van der Waals surface area contributed by atoms with Gasteiger partial charge in [0.15, 0.2) is 0 Å². The smallest absolute Gasteiger partial charge is 0.137 e. The Morgan fingerprint density at radius 1 is 1.50 bits per heavy atom. The molecule has 0 aliphatic carbocycles. The molecule has 1 aromatic carbocycles. The van der Waals surface area contributed by atoms with Crippen LogP contribution in [0.15, 0.2) is 22.7 Å². The van der Waals surface area contributed by atoms with E-state index in [1.54, 1.807) is 0 Å². The maximum Gasteiger partial charge on any atom is 0.137 e. The van der Waals surface area contributed by atoms with Gasteiger partial charge >= 0.3 is 0 Å². The first-order valence-electron chi connectivity index (χ1n) is 4.77. The minimum atomic E-state index is -0.208. The minimum Gasteiger partial charge on any atom is -0.330 e. The van der Waals surface area contributed by atoms with E-state index in [9.17, 15) is 4.39 Å². The lowest BCUT2D eigenvalue weighted by Gasteiger charge is -2.08. The summed E-state index contributed by atoms with van der Waals surface area (Å²) in [7, 11) is 0. The van der Waals surface area contributed by atoms with Gasteiger partial charge in [-0.15, -0.1) is 0 Å². The number of hydrogen-bond acceptors (Lipinski definition) is 1. The summed E-state index contributed by atoms with van der Waals surface area (Å²) >= 11 is 3.17. The molecule has 0 amide bonds. The molecule has 0 radical (unpaired) electrons. The van der Waals surface area contributed by atoms with Crippen LogP contribution in [0.2, 0.25) is 0 Å². The topological polar surface area (TPSA) is 26.0 Å². The molecule has 0 bridgehead atoms. The van der Waals surface area contributed by atoms with Crippen LogP contribution >= 0.6 is 15.9 Å². The van der Waals surface area contributed by atoms with Crippen LogP contribution in [-0.2, 0) is 6.42 Å². The van der Waals surface area contributed by atoms with Crippen molar-refractivity contribution in [1.29, 1.82) is 0 Å². The highest BCUT2D eigenvalue weighted by atomic mass is 79.9. The number of benzene rings is 1. The van der Waals surface area contributed by atoms with Gasteiger partial charge in [0.2, 0.25) is 0 Å². The number of aryl methyl sites for hydroxylation is 1. The zero-order valence-corrected chi connectivity index (χ0v) is 9.85. The molecular formula is C11H15BrFN. The van der Waals surface area contributed by atoms with Crippen LogP contribution in [0.4, 0.5) is 4.39 Å². The largest absolute Gasteiger partial charge is 0.330 e. The normalized spacial score (nSPS) is 12.9. The lowest BCUT2D eigenvalue weighted by atomic mass is 10.0. The van der Waals surface area contributed by atoms with Gasteiger partial charge in [-0.3, -0.25) is 0 Å². The fraction of sp³-hybridized carbons (Fsp3) is 0.455. The first kappa shape index (κ1) is 11.7. The zero-order valence-electron chi connectivity index (χ0n) is 8.26. The monoisotopic (exact) mass is 259 g/mol. The molecule has 1 rings (SSSR count). The Labute approximate surface area is 92.6 Å². The second-order valence-electron chi connectivity index (χ2n) is 3.63. The minimum absolute atomic E-state index is 0.208. The second kappa shape index (κ2) is 5.47. The summed E-state index contributed by atoms with van der Waals surface area (Å²) in [5, 5.41) is 0. The van der Waals surface area contributed by atoms with Crippen LogP contribution < -0.4 is 5.73 Å². The van der Waals surface area contributed by atoms with E-state index in [-0.39, 0.29) is 5.82 Å². The first-order valence-corrected chi connectivity index (χ1v) is 5.56. The van der Waals surface area contributed by atoms with Crippen LogP contribution in [0, 0.1) is 11.7 Å². The molecule has 78 valence electrons. The van der Waals surface area contributed by atoms with Crippen molar-refractivity contribution in [1.82, 2.24) is 0 Å². The molecule has 0 aliphatic rings. The molecule has 2 N–H and O–H groups in total. The second-order valence-corrected chi connectivity index (χ2v) is 4.48. The fourth-order valence-electron chi connectivity index (χ4n) is 1.23. The summed E-state index contributed by atoms with van der Waals surface area (Å²) in [4.78, 5) is 0. The van der Waals surface area contributed by atoms with Gasteiger partial charge in [0, 0.05) is 0 Å². The summed E-state index contributed by atoms with van der Waals surface area (Å²) in [5.41, 5.74) is 6.67. The summed E-state index contributed by atoms with van der Waals surface area (Å²) in [6.07, 6.45) is 2.01. The molecule has 0 saturated heterocycles. The van der Waals surface area contributed by atoms with Crippen molar-refractivity contribution in [2.45, 2.75) is 19.8 Å². The van der Waals surface area contributed by atoms with Crippen molar-refractivity contribution in [3.8, 4) is 0 Å². The highest BCUT2D eigenvalue weighted by Gasteiger charge is 2.03. The number of hydrogen-bond donors (Lipinski definition) is 1. The molecular weight excluding hydrogens is 245 g/mol. The third-order valence-corrected chi connectivity index (χ3v) is 2.92. The zero-order chi connectivity index (χ0) is 10.6. The Kier molecular flexibility index (Phi) is 4.55. The average molecular weight is 260 g/mol. The lowest BCUT2D eigenvalue weighted by molar-refractivity contribution is 0.544. The van der Waals surface area contributed by atoms with Crippen molar-refractivity contribution < 1.29 is 4.39 Å². The van der Waals surface area contributed by atoms with Gasteiger partial charge in [-0.25, -0.2) is 4.39 Å². The van der Waals surface area contributed by atoms with Crippen LogP contribution in [0.25, 0.3) is 0 Å². The average Bonchev–Trinajstić information content (AvgIpc) is 2.19. The molecule has 0 fully saturated rings. The van der Waals surface area contributed by atoms with E-state index in [0.717, 1.165) is 18.4 Å². The number of halogens is 2. The number of nitrogens with two attached hydrogens (primary N) is 1. The molecule has 14 heavy (non-hydrogen) atoms. The quantitative estimate of drug-likeness (QED) is 0.884. The van der Waals surface area contributed by atoms with Crippen LogP contribution in [0.5, 0.6) is 0 Å². The van der Waals surface area contributed by atoms with Crippen molar-refractivity contribution in [2.75, 3.05) is 6.54 Å². The van der Waals surface area contributed by atoms with Gasteiger partial charge in [0.25, 0.3) is 0 Å². The van der Waals surface area contributed by atoms with E-state index >= 15 is 0 Å². The van der Waals surface area contributed by atoms with Crippen molar-refractivity contribution in [2.24, 2.45) is 11.7 Å². The highest BCUT2D eigenvalue weighted by molar-refractivity contribution is 9.10. The molecule has 0 aliphatic heterocycles. The van der Waals surface area contributed by atoms with E-state index < -0.39 is 0 Å². The Morgan fingerprint density at radius 3 is 2.79 bits per heavy atom. The van der Waals surface area contributed by atoms with Gasteiger partial charge in [-0.1, -0.05) is 13.0 Å². The van der Waals surface area contributed by atoms with E-state index in [1.165, 1.54) is 6.07 Å². The summed E-state index contributed by atoms with van der Waals surface area (Å²) in [6, 6.07) is 5.15. The Bertz CT molecular complexity index is 301. The van der Waals surface area contributed by atoms with E-state index in [4.69, 9.17) is 5.73 Å². The van der Waals surface area contributed by atoms with Crippen molar-refractivity contribution in [3.05, 3.63) is 34.1 Å². The van der Waals surface area contributed by atoms with E-state index in [0.29, 0.717) is 16.9 Å². The molecule has 0 aromatic heterocycles. The van der Waals surface area contributed by atoms with E-state index in [2.05, 4.69) is 22.9 Å². The first-order chi connectivity index (χ1) is 6.63. The molecule has 1 unspecified atom stereocenters. The summed E-state index contributed by atoms with van der Waals surface area (Å²) in [6.45, 7) is 2.83. The maximum absolute atomic E-state index is 12.9. The van der Waals surface area contributed by atoms with Gasteiger partial charge in [-0.2, -0.15) is 0 Å². The molecule has 1 nitrogen and oxygen atoms in total. The molecule has 3 heteroatoms. The Morgan fingerprint density at radius 2 is 2.21 bits per heavy atom. The van der Waals surface area contributed by atoms with E-state index in [1.807, 2.05) is 12.1 Å². The molecule has 1 aromatic rings. The predicted molar refractivity (Wildman–Crippen MR) is 60.6 cm³/mol. The Hall–Kier alpha value is -0.410. The van der Waals surface area contributed by atoms with Gasteiger partial charge in [0.05, 0.1) is 4.47 Å².